The Balaban J connectivity index is 0.00000220. The third kappa shape index (κ3) is 4.38. The first kappa shape index (κ1) is 17.4. The molecule has 0 saturated carbocycles. The molecule has 116 valence electrons. The number of halogens is 1. The summed E-state index contributed by atoms with van der Waals surface area (Å²) >= 11 is 0. The van der Waals surface area contributed by atoms with E-state index in [4.69, 9.17) is 0 Å². The molecule has 0 aliphatic carbocycles. The van der Waals surface area contributed by atoms with Crippen molar-refractivity contribution < 1.29 is 14.8 Å². The summed E-state index contributed by atoms with van der Waals surface area (Å²) < 4.78 is 0. The normalized spacial score (nSPS) is 20.7. The van der Waals surface area contributed by atoms with Crippen molar-refractivity contribution >= 4 is 24.0 Å². The fraction of sp³-hybridized carbons (Fsp3) is 0.462. The Morgan fingerprint density at radius 2 is 2.19 bits per heavy atom. The van der Waals surface area contributed by atoms with Crippen molar-refractivity contribution in [2.45, 2.75) is 13.0 Å². The quantitative estimate of drug-likeness (QED) is 0.558. The Kier molecular flexibility index (Phi) is 6.07. The number of hydrogen-bond donors (Lipinski definition) is 3. The zero-order valence-electron chi connectivity index (χ0n) is 11.5. The Hall–Kier alpha value is -1.70. The minimum atomic E-state index is -0.519. The molecular formula is C13H18ClN3O4. The highest BCUT2D eigenvalue weighted by atomic mass is 35.5. The Labute approximate surface area is 128 Å². The number of rotatable bonds is 4. The molecule has 1 aliphatic heterocycles. The van der Waals surface area contributed by atoms with Crippen LogP contribution in [0.1, 0.15) is 15.9 Å². The number of nitrogens with one attached hydrogen (secondary N) is 2. The maximum absolute atomic E-state index is 12.0. The number of amides is 1. The zero-order chi connectivity index (χ0) is 14.7. The average molecular weight is 316 g/mol. The zero-order valence-corrected chi connectivity index (χ0v) is 12.4. The van der Waals surface area contributed by atoms with E-state index in [1.165, 1.54) is 12.1 Å². The molecule has 1 aromatic rings. The highest BCUT2D eigenvalue weighted by molar-refractivity contribution is 5.95. The van der Waals surface area contributed by atoms with Gasteiger partial charge in [0.2, 0.25) is 0 Å². The van der Waals surface area contributed by atoms with Gasteiger partial charge in [0.1, 0.15) is 0 Å². The lowest BCUT2D eigenvalue weighted by Crippen LogP contribution is -2.34. The summed E-state index contributed by atoms with van der Waals surface area (Å²) in [5, 5.41) is 26.1. The van der Waals surface area contributed by atoms with Crippen molar-refractivity contribution in [2.75, 3.05) is 19.6 Å². The molecule has 1 aromatic carbocycles. The fourth-order valence-corrected chi connectivity index (χ4v) is 2.25. The summed E-state index contributed by atoms with van der Waals surface area (Å²) in [5.41, 5.74) is 0.821. The number of nitrogens with zero attached hydrogens (tertiary/aromatic N) is 1. The van der Waals surface area contributed by atoms with Crippen molar-refractivity contribution in [3.8, 4) is 0 Å². The third-order valence-electron chi connectivity index (χ3n) is 3.36. The lowest BCUT2D eigenvalue weighted by Gasteiger charge is -2.14. The molecule has 0 radical (unpaired) electrons. The number of aryl methyl sites for hydroxylation is 1. The predicted octanol–water partition coefficient (Wildman–Crippen LogP) is 0.635. The Morgan fingerprint density at radius 3 is 2.76 bits per heavy atom. The van der Waals surface area contributed by atoms with Gasteiger partial charge in [0.15, 0.2) is 0 Å². The number of hydrogen-bond acceptors (Lipinski definition) is 5. The van der Waals surface area contributed by atoms with Crippen LogP contribution in [0.25, 0.3) is 0 Å². The number of nitro groups is 1. The molecule has 1 saturated heterocycles. The van der Waals surface area contributed by atoms with E-state index in [9.17, 15) is 20.0 Å². The summed E-state index contributed by atoms with van der Waals surface area (Å²) in [6.07, 6.45) is -0.470. The first-order chi connectivity index (χ1) is 9.47. The topological polar surface area (TPSA) is 104 Å². The molecular weight excluding hydrogens is 298 g/mol. The van der Waals surface area contributed by atoms with Crippen LogP contribution in [0.3, 0.4) is 0 Å². The van der Waals surface area contributed by atoms with Crippen LogP contribution in [0.4, 0.5) is 5.69 Å². The minimum Gasteiger partial charge on any atom is -0.391 e. The van der Waals surface area contributed by atoms with Crippen molar-refractivity contribution in [2.24, 2.45) is 5.92 Å². The molecule has 0 aromatic heterocycles. The Morgan fingerprint density at radius 1 is 1.48 bits per heavy atom. The number of nitro benzene ring substituents is 1. The molecule has 2 atom stereocenters. The number of carbonyl (C=O) groups excluding carboxylic acids is 1. The van der Waals surface area contributed by atoms with Crippen molar-refractivity contribution in [3.05, 3.63) is 39.4 Å². The first-order valence-corrected chi connectivity index (χ1v) is 6.40. The van der Waals surface area contributed by atoms with E-state index >= 15 is 0 Å². The SMILES string of the molecule is Cc1cc(C(=O)NCC2CNCC2O)cc([N+](=O)[O-])c1.Cl. The highest BCUT2D eigenvalue weighted by Gasteiger charge is 2.25. The summed E-state index contributed by atoms with van der Waals surface area (Å²) in [4.78, 5) is 22.3. The van der Waals surface area contributed by atoms with Gasteiger partial charge in [-0.05, 0) is 18.6 Å². The van der Waals surface area contributed by atoms with E-state index in [0.29, 0.717) is 25.2 Å². The standard InChI is InChI=1S/C13H17N3O4.ClH/c1-8-2-9(4-11(3-8)16(19)20)13(18)15-6-10-5-14-7-12(10)17;/h2-4,10,12,14,17H,5-7H2,1H3,(H,15,18);1H. The van der Waals surface area contributed by atoms with Gasteiger partial charge in [-0.15, -0.1) is 12.4 Å². The molecule has 3 N–H and O–H groups in total. The van der Waals surface area contributed by atoms with Gasteiger partial charge in [-0.25, -0.2) is 0 Å². The van der Waals surface area contributed by atoms with Crippen LogP contribution in [-0.2, 0) is 0 Å². The molecule has 1 fully saturated rings. The monoisotopic (exact) mass is 315 g/mol. The maximum atomic E-state index is 12.0. The lowest BCUT2D eigenvalue weighted by molar-refractivity contribution is -0.384. The molecule has 1 amide bonds. The largest absolute Gasteiger partial charge is 0.391 e. The van der Waals surface area contributed by atoms with E-state index in [-0.39, 0.29) is 35.5 Å². The van der Waals surface area contributed by atoms with Crippen LogP contribution in [0, 0.1) is 23.0 Å². The average Bonchev–Trinajstić information content (AvgIpc) is 2.80. The van der Waals surface area contributed by atoms with Gasteiger partial charge in [-0.1, -0.05) is 0 Å². The van der Waals surface area contributed by atoms with Crippen molar-refractivity contribution in [1.82, 2.24) is 10.6 Å². The van der Waals surface area contributed by atoms with Crippen molar-refractivity contribution in [3.63, 3.8) is 0 Å². The predicted molar refractivity (Wildman–Crippen MR) is 79.8 cm³/mol. The maximum Gasteiger partial charge on any atom is 0.270 e. The van der Waals surface area contributed by atoms with Gasteiger partial charge in [-0.3, -0.25) is 14.9 Å². The molecule has 7 nitrogen and oxygen atoms in total. The molecule has 1 aliphatic rings. The summed E-state index contributed by atoms with van der Waals surface area (Å²) in [5.74, 6) is -0.394. The molecule has 0 bridgehead atoms. The number of benzene rings is 1. The first-order valence-electron chi connectivity index (χ1n) is 6.40. The molecule has 2 rings (SSSR count). The number of non-ortho nitro benzene ring substituents is 1. The molecule has 2 unspecified atom stereocenters. The van der Waals surface area contributed by atoms with Crippen molar-refractivity contribution in [1.29, 1.82) is 0 Å². The van der Waals surface area contributed by atoms with Gasteiger partial charge >= 0.3 is 0 Å². The van der Waals surface area contributed by atoms with E-state index in [1.54, 1.807) is 13.0 Å². The van der Waals surface area contributed by atoms with Crippen LogP contribution < -0.4 is 10.6 Å². The number of carbonyl (C=O) groups is 1. The summed E-state index contributed by atoms with van der Waals surface area (Å²) in [6, 6.07) is 4.28. The minimum absolute atomic E-state index is 0. The van der Waals surface area contributed by atoms with E-state index < -0.39 is 11.0 Å². The Bertz CT molecular complexity index is 538. The van der Waals surface area contributed by atoms with Gasteiger partial charge in [-0.2, -0.15) is 0 Å². The second-order valence-electron chi connectivity index (χ2n) is 5.01. The van der Waals surface area contributed by atoms with Gasteiger partial charge < -0.3 is 15.7 Å². The van der Waals surface area contributed by atoms with Crippen LogP contribution in [0.2, 0.25) is 0 Å². The summed E-state index contributed by atoms with van der Waals surface area (Å²) in [7, 11) is 0. The fourth-order valence-electron chi connectivity index (χ4n) is 2.25. The second kappa shape index (κ2) is 7.35. The number of aliphatic hydroxyl groups excluding tert-OH is 1. The van der Waals surface area contributed by atoms with E-state index in [1.807, 2.05) is 0 Å². The van der Waals surface area contributed by atoms with E-state index in [2.05, 4.69) is 10.6 Å². The van der Waals surface area contributed by atoms with Crippen LogP contribution >= 0.6 is 12.4 Å². The van der Waals surface area contributed by atoms with Crippen LogP contribution in [0.15, 0.2) is 18.2 Å². The van der Waals surface area contributed by atoms with Crippen LogP contribution in [-0.4, -0.2) is 41.7 Å². The molecule has 8 heteroatoms. The smallest absolute Gasteiger partial charge is 0.270 e. The van der Waals surface area contributed by atoms with Gasteiger partial charge in [0, 0.05) is 43.2 Å². The van der Waals surface area contributed by atoms with Crippen LogP contribution in [0.5, 0.6) is 0 Å². The second-order valence-corrected chi connectivity index (χ2v) is 5.01. The molecule has 0 spiro atoms. The summed E-state index contributed by atoms with van der Waals surface area (Å²) in [6.45, 7) is 3.22. The van der Waals surface area contributed by atoms with Gasteiger partial charge in [0.05, 0.1) is 11.0 Å². The lowest BCUT2D eigenvalue weighted by atomic mass is 10.1. The third-order valence-corrected chi connectivity index (χ3v) is 3.36. The highest BCUT2D eigenvalue weighted by Crippen LogP contribution is 2.17. The number of β-amino-alcohol motifs (C(OH)–C–C–N with tert-alkyl or cyclic N) is 1. The van der Waals surface area contributed by atoms with E-state index in [0.717, 1.165) is 0 Å². The number of aliphatic hydroxyl groups is 1. The molecule has 1 heterocycles. The molecule has 21 heavy (non-hydrogen) atoms. The van der Waals surface area contributed by atoms with Gasteiger partial charge in [0.25, 0.3) is 11.6 Å².